The van der Waals surface area contributed by atoms with E-state index in [1.165, 1.54) is 51.8 Å². The van der Waals surface area contributed by atoms with Crippen molar-refractivity contribution in [1.29, 1.82) is 0 Å². The van der Waals surface area contributed by atoms with Gasteiger partial charge in [-0.3, -0.25) is 0 Å². The molecular formula is C44H52Cl2F5N3O2Ru. The number of benzene rings is 4. The van der Waals surface area contributed by atoms with Gasteiger partial charge < -0.3 is 9.80 Å². The van der Waals surface area contributed by atoms with Crippen LogP contribution >= 0.6 is 19.4 Å². The summed E-state index contributed by atoms with van der Waals surface area (Å²) in [5.41, 5.74) is 7.58. The Bertz CT molecular complexity index is 1950. The minimum atomic E-state index is -2.34. The summed E-state index contributed by atoms with van der Waals surface area (Å²) in [6.07, 6.45) is -0.0627. The van der Waals surface area contributed by atoms with Crippen LogP contribution < -0.4 is 15.1 Å². The van der Waals surface area contributed by atoms with E-state index in [1.54, 1.807) is 4.61 Å². The fraction of sp³-hybridized carbons (Fsp3) is 0.386. The zero-order valence-electron chi connectivity index (χ0n) is 33.9. The number of anilines is 3. The van der Waals surface area contributed by atoms with E-state index in [-0.39, 0.29) is 11.8 Å². The van der Waals surface area contributed by atoms with Crippen LogP contribution in [0.4, 0.5) is 39.0 Å². The molecule has 0 aromatic heterocycles. The second kappa shape index (κ2) is 20.0. The Morgan fingerprint density at radius 2 is 1.09 bits per heavy atom. The van der Waals surface area contributed by atoms with Gasteiger partial charge in [0.25, 0.3) is 0 Å². The first-order valence-corrected chi connectivity index (χ1v) is 24.4. The minimum Gasteiger partial charge on any atom is -0.502 e. The first-order chi connectivity index (χ1) is 26.7. The zero-order chi connectivity index (χ0) is 42.5. The predicted molar refractivity (Wildman–Crippen MR) is 223 cm³/mol. The summed E-state index contributed by atoms with van der Waals surface area (Å²) in [4.78, 5) is 17.2. The van der Waals surface area contributed by atoms with E-state index < -0.39 is 54.1 Å². The molecule has 5 rings (SSSR count). The summed E-state index contributed by atoms with van der Waals surface area (Å²) in [6.45, 7) is 26.6. The molecule has 4 aromatic rings. The third-order valence-electron chi connectivity index (χ3n) is 9.43. The number of nitrogens with one attached hydrogen (secondary N) is 1. The Morgan fingerprint density at radius 1 is 0.684 bits per heavy atom. The van der Waals surface area contributed by atoms with E-state index in [2.05, 4.69) is 118 Å². The largest absolute Gasteiger partial charge is 0.502 e. The first-order valence-electron chi connectivity index (χ1n) is 18.9. The van der Waals surface area contributed by atoms with Crippen molar-refractivity contribution in [3.8, 4) is 5.75 Å². The van der Waals surface area contributed by atoms with E-state index in [4.69, 9.17) is 19.4 Å². The van der Waals surface area contributed by atoms with Crippen LogP contribution in [0.1, 0.15) is 131 Å². The van der Waals surface area contributed by atoms with Crippen LogP contribution in [0.5, 0.6) is 5.75 Å². The summed E-state index contributed by atoms with van der Waals surface area (Å²) in [5.74, 6) is -10.1. The number of nitrogens with zero attached hydrogens (tertiary/aromatic N) is 2. The molecule has 0 unspecified atom stereocenters. The van der Waals surface area contributed by atoms with Gasteiger partial charge in [-0.1, -0.05) is 91.8 Å². The fourth-order valence-electron chi connectivity index (χ4n) is 6.72. The van der Waals surface area contributed by atoms with Gasteiger partial charge in [0.2, 0.25) is 0 Å². The Hall–Kier alpha value is -3.53. The van der Waals surface area contributed by atoms with Crippen LogP contribution in [0.15, 0.2) is 54.6 Å². The number of aromatic hydroxyl groups is 1. The van der Waals surface area contributed by atoms with E-state index in [0.29, 0.717) is 35.0 Å². The fourth-order valence-corrected chi connectivity index (χ4v) is 8.51. The van der Waals surface area contributed by atoms with Gasteiger partial charge in [0.05, 0.1) is 0 Å². The van der Waals surface area contributed by atoms with Gasteiger partial charge in [-0.25, -0.2) is 0 Å². The summed E-state index contributed by atoms with van der Waals surface area (Å²) < 4.78 is 73.2. The molecule has 13 heteroatoms. The molecule has 0 radical (unpaired) electrons. The monoisotopic (exact) mass is 921 g/mol. The Balaban J connectivity index is 0.000000253. The van der Waals surface area contributed by atoms with Crippen LogP contribution in [-0.4, -0.2) is 34.4 Å². The molecular weight excluding hydrogens is 869 g/mol. The van der Waals surface area contributed by atoms with Crippen LogP contribution in [0.3, 0.4) is 0 Å². The van der Waals surface area contributed by atoms with Gasteiger partial charge >= 0.3 is 170 Å². The van der Waals surface area contributed by atoms with Gasteiger partial charge in [0.1, 0.15) is 0 Å². The number of carbonyl (C=O) groups excluding carboxylic acids is 1. The number of halogens is 7. The van der Waals surface area contributed by atoms with Crippen molar-refractivity contribution in [2.45, 2.75) is 99.0 Å². The van der Waals surface area contributed by atoms with Gasteiger partial charge in [0.15, 0.2) is 0 Å². The molecule has 0 aliphatic carbocycles. The van der Waals surface area contributed by atoms with Crippen LogP contribution in [0.2, 0.25) is 0 Å². The molecule has 57 heavy (non-hydrogen) atoms. The normalized spacial score (nSPS) is 13.2. The third-order valence-corrected chi connectivity index (χ3v) is 11.3. The average Bonchev–Trinajstić information content (AvgIpc) is 3.63. The number of hydrogen-bond donors (Lipinski definition) is 1. The molecule has 0 saturated carbocycles. The van der Waals surface area contributed by atoms with Crippen molar-refractivity contribution in [3.05, 3.63) is 124 Å². The van der Waals surface area contributed by atoms with Crippen LogP contribution in [-0.2, 0) is 13.5 Å². The van der Waals surface area contributed by atoms with E-state index >= 15 is 0 Å². The number of hydrogen-bond acceptors (Lipinski definition) is 3. The summed E-state index contributed by atoms with van der Waals surface area (Å²) in [6, 6.07) is 18.0. The van der Waals surface area contributed by atoms with Crippen LogP contribution in [0, 0.1) is 35.8 Å². The topological polar surface area (TPSA) is 48.4 Å². The molecule has 1 aliphatic heterocycles. The number of aliphatic hydroxyl groups is 1. The number of ether oxygens (including phenoxy) is 1. The maximum absolute atomic E-state index is 13.8. The second-order valence-electron chi connectivity index (χ2n) is 15.4. The summed E-state index contributed by atoms with van der Waals surface area (Å²) in [7, 11) is 11.7. The SMILES string of the molecule is CC(C)[OH+]c1ccc(NC(=O)c2c(F)c(F)c(F)c(F)c2F)cc1[CH]=[Ru]([Cl])[Cl].CC(C)c1cccc(C(C)C)c1N1[CH-]N(c2c(C(C)C)cccc2C(C)C)CC1. The number of para-hydroxylation sites is 2. The molecule has 312 valence electrons. The smallest absolute Gasteiger partial charge is 0.0156 e. The van der Waals surface area contributed by atoms with Crippen molar-refractivity contribution in [2.24, 2.45) is 0 Å². The van der Waals surface area contributed by atoms with Gasteiger partial charge in [0, 0.05) is 24.5 Å². The maximum Gasteiger partial charge on any atom is 0.0156 e. The van der Waals surface area contributed by atoms with Crippen molar-refractivity contribution in [2.75, 3.05) is 28.2 Å². The predicted octanol–water partition coefficient (Wildman–Crippen LogP) is 13.0. The number of rotatable bonds is 11. The minimum absolute atomic E-state index is 0.0339. The molecule has 1 fully saturated rings. The van der Waals surface area contributed by atoms with Crippen molar-refractivity contribution < 1.29 is 45.0 Å². The zero-order valence-corrected chi connectivity index (χ0v) is 37.2. The second-order valence-corrected chi connectivity index (χ2v) is 21.1. The van der Waals surface area contributed by atoms with Crippen molar-refractivity contribution >= 4 is 47.0 Å². The van der Waals surface area contributed by atoms with Crippen LogP contribution in [0.25, 0.3) is 0 Å². The van der Waals surface area contributed by atoms with Gasteiger partial charge in [-0.15, -0.1) is 0 Å². The molecule has 2 N–H and O–H groups in total. The molecule has 4 aromatic carbocycles. The van der Waals surface area contributed by atoms with Crippen molar-refractivity contribution in [3.63, 3.8) is 0 Å². The standard InChI is InChI=1S/C27H39N2.C17H12F5NO2.2ClH.Ru/c1-18(2)22-11-9-12-23(19(3)4)26(22)28-15-16-29(17-28)27-24(20(5)6)13-10-14-25(27)21(7)8;1-7(2)25-10-5-4-9(6-8(10)3)23-17(24)11-12(18)14(20)16(22)15(21)13(11)19;;;/h9-14,17-21H,15-16H2,1-8H3;3-7H,1-2H3,(H,23,24);2*1H;/q-1;;;;+2/p-1. The van der Waals surface area contributed by atoms with E-state index in [9.17, 15) is 26.7 Å². The molecule has 0 atom stereocenters. The Morgan fingerprint density at radius 3 is 1.46 bits per heavy atom. The molecule has 1 heterocycles. The summed E-state index contributed by atoms with van der Waals surface area (Å²) in [5, 5.41) is 2.10. The third kappa shape index (κ3) is 11.0. The molecule has 1 amide bonds. The summed E-state index contributed by atoms with van der Waals surface area (Å²) >= 11 is -2.28. The first kappa shape index (κ1) is 46.2. The Kier molecular flexibility index (Phi) is 16.2. The number of carbonyl (C=O) groups is 1. The molecule has 0 bridgehead atoms. The Labute approximate surface area is 347 Å². The van der Waals surface area contributed by atoms with E-state index in [0.717, 1.165) is 13.1 Å². The maximum atomic E-state index is 13.8. The molecule has 0 spiro atoms. The molecule has 1 saturated heterocycles. The van der Waals surface area contributed by atoms with Gasteiger partial charge in [-0.2, -0.15) is 6.67 Å². The van der Waals surface area contributed by atoms with Crippen molar-refractivity contribution in [1.82, 2.24) is 0 Å². The average molecular weight is 922 g/mol. The molecule has 1 aliphatic rings. The quantitative estimate of drug-likeness (QED) is 0.0310. The molecule has 5 nitrogen and oxygen atoms in total. The number of amides is 1. The van der Waals surface area contributed by atoms with E-state index in [1.807, 2.05) is 13.8 Å². The van der Waals surface area contributed by atoms with Gasteiger partial charge in [-0.05, 0) is 45.9 Å².